The lowest BCUT2D eigenvalue weighted by Gasteiger charge is -2.11. The minimum absolute atomic E-state index is 0.251. The molecule has 3 nitrogen and oxygen atoms in total. The van der Waals surface area contributed by atoms with Crippen LogP contribution in [0.2, 0.25) is 10.0 Å². The number of terminal acetylenes is 1. The van der Waals surface area contributed by atoms with Gasteiger partial charge in [-0.3, -0.25) is 0 Å². The Morgan fingerprint density at radius 2 is 2.06 bits per heavy atom. The van der Waals surface area contributed by atoms with E-state index >= 15 is 0 Å². The maximum Gasteiger partial charge on any atom is 0.243 e. The number of hydrogen-bond donors (Lipinski definition) is 1. The zero-order valence-corrected chi connectivity index (χ0v) is 11.0. The molecule has 1 unspecified atom stereocenters. The molecule has 1 N–H and O–H groups in total. The fourth-order valence-electron chi connectivity index (χ4n) is 1.05. The molecule has 0 radical (unpaired) electrons. The van der Waals surface area contributed by atoms with Crippen LogP contribution in [0.25, 0.3) is 0 Å². The monoisotopic (exact) mass is 295 g/mol. The minimum Gasteiger partial charge on any atom is -0.207 e. The third kappa shape index (κ3) is 3.11. The summed E-state index contributed by atoms with van der Waals surface area (Å²) in [6.07, 6.45) is 5.04. The van der Waals surface area contributed by atoms with Crippen LogP contribution in [0.1, 0.15) is 6.92 Å². The molecule has 0 spiro atoms. The Morgan fingerprint density at radius 1 is 1.47 bits per heavy atom. The molecule has 17 heavy (non-hydrogen) atoms. The van der Waals surface area contributed by atoms with Gasteiger partial charge < -0.3 is 0 Å². The lowest BCUT2D eigenvalue weighted by molar-refractivity contribution is 0.574. The largest absolute Gasteiger partial charge is 0.243 e. The van der Waals surface area contributed by atoms with Crippen LogP contribution < -0.4 is 4.72 Å². The van der Waals surface area contributed by atoms with E-state index in [1.807, 2.05) is 0 Å². The molecule has 0 heterocycles. The van der Waals surface area contributed by atoms with Crippen LogP contribution in [0, 0.1) is 18.2 Å². The van der Waals surface area contributed by atoms with Crippen LogP contribution in [-0.2, 0) is 10.0 Å². The van der Waals surface area contributed by atoms with E-state index in [1.165, 1.54) is 6.92 Å². The van der Waals surface area contributed by atoms with Crippen molar-refractivity contribution in [2.75, 3.05) is 0 Å². The van der Waals surface area contributed by atoms with Crippen LogP contribution in [0.5, 0.6) is 0 Å². The van der Waals surface area contributed by atoms with Gasteiger partial charge in [0.25, 0.3) is 0 Å². The van der Waals surface area contributed by atoms with E-state index in [0.717, 1.165) is 12.1 Å². The Morgan fingerprint density at radius 3 is 2.59 bits per heavy atom. The molecule has 0 fully saturated rings. The van der Waals surface area contributed by atoms with Crippen LogP contribution in [-0.4, -0.2) is 14.5 Å². The average Bonchev–Trinajstić information content (AvgIpc) is 2.24. The number of halogens is 3. The van der Waals surface area contributed by atoms with Crippen molar-refractivity contribution in [2.45, 2.75) is 17.9 Å². The Balaban J connectivity index is 3.27. The van der Waals surface area contributed by atoms with E-state index in [0.29, 0.717) is 0 Å². The number of nitrogens with one attached hydrogen (secondary N) is 1. The molecular formula is C10H8Cl2FNO2S. The molecule has 0 bridgehead atoms. The number of benzene rings is 1. The average molecular weight is 296 g/mol. The maximum absolute atomic E-state index is 13.3. The highest BCUT2D eigenvalue weighted by Gasteiger charge is 2.22. The van der Waals surface area contributed by atoms with Gasteiger partial charge in [-0.05, 0) is 19.1 Å². The van der Waals surface area contributed by atoms with Crippen molar-refractivity contribution in [1.29, 1.82) is 0 Å². The second-order valence-electron chi connectivity index (χ2n) is 3.18. The van der Waals surface area contributed by atoms with Crippen molar-refractivity contribution in [3.05, 3.63) is 28.0 Å². The normalized spacial score (nSPS) is 13.1. The second kappa shape index (κ2) is 5.23. The highest BCUT2D eigenvalue weighted by molar-refractivity contribution is 7.89. The zero-order valence-electron chi connectivity index (χ0n) is 8.67. The maximum atomic E-state index is 13.3. The lowest BCUT2D eigenvalue weighted by atomic mass is 10.3. The summed E-state index contributed by atoms with van der Waals surface area (Å²) in [5, 5.41) is -0.812. The van der Waals surface area contributed by atoms with Gasteiger partial charge in [0, 0.05) is 0 Å². The molecule has 92 valence electrons. The summed E-state index contributed by atoms with van der Waals surface area (Å²) in [5.41, 5.74) is 0. The zero-order chi connectivity index (χ0) is 13.2. The van der Waals surface area contributed by atoms with Gasteiger partial charge in [0.15, 0.2) is 5.82 Å². The van der Waals surface area contributed by atoms with Crippen LogP contribution >= 0.6 is 23.2 Å². The molecular weight excluding hydrogens is 288 g/mol. The van der Waals surface area contributed by atoms with Gasteiger partial charge in [-0.1, -0.05) is 29.1 Å². The minimum atomic E-state index is -3.96. The van der Waals surface area contributed by atoms with Gasteiger partial charge in [0.05, 0.1) is 16.1 Å². The van der Waals surface area contributed by atoms with Crippen molar-refractivity contribution in [3.63, 3.8) is 0 Å². The summed E-state index contributed by atoms with van der Waals surface area (Å²) in [5.74, 6) is 1.20. The number of rotatable bonds is 3. The molecule has 1 rings (SSSR count). The highest BCUT2D eigenvalue weighted by Crippen LogP contribution is 2.29. The third-order valence-corrected chi connectivity index (χ3v) is 4.23. The predicted octanol–water partition coefficient (Wildman–Crippen LogP) is 2.43. The first-order valence-electron chi connectivity index (χ1n) is 4.41. The summed E-state index contributed by atoms with van der Waals surface area (Å²) in [4.78, 5) is -0.400. The molecule has 0 saturated heterocycles. The summed E-state index contributed by atoms with van der Waals surface area (Å²) < 4.78 is 39.1. The van der Waals surface area contributed by atoms with Gasteiger partial charge in [-0.25, -0.2) is 12.8 Å². The van der Waals surface area contributed by atoms with E-state index < -0.39 is 31.8 Å². The SMILES string of the molecule is C#CC(C)NS(=O)(=O)c1ccc(Cl)c(F)c1Cl. The molecule has 7 heteroatoms. The van der Waals surface area contributed by atoms with E-state index in [2.05, 4.69) is 10.6 Å². The van der Waals surface area contributed by atoms with E-state index in [4.69, 9.17) is 29.6 Å². The highest BCUT2D eigenvalue weighted by atomic mass is 35.5. The molecule has 1 atom stereocenters. The topological polar surface area (TPSA) is 46.2 Å². The van der Waals surface area contributed by atoms with Gasteiger partial charge in [0.1, 0.15) is 4.90 Å². The van der Waals surface area contributed by atoms with Crippen molar-refractivity contribution in [2.24, 2.45) is 0 Å². The van der Waals surface area contributed by atoms with E-state index in [-0.39, 0.29) is 5.02 Å². The molecule has 1 aromatic rings. The fourth-order valence-corrected chi connectivity index (χ4v) is 2.95. The summed E-state index contributed by atoms with van der Waals surface area (Å²) >= 11 is 11.0. The summed E-state index contributed by atoms with van der Waals surface area (Å²) in [6, 6.07) is 1.49. The number of hydrogen-bond acceptors (Lipinski definition) is 2. The Bertz CT molecular complexity index is 581. The Labute approximate surface area is 109 Å². The standard InChI is InChI=1S/C10H8Cl2FNO2S/c1-3-6(2)14-17(15,16)8-5-4-7(11)10(13)9(8)12/h1,4-6,14H,2H3. The fraction of sp³-hybridized carbons (Fsp3) is 0.200. The van der Waals surface area contributed by atoms with Gasteiger partial charge >= 0.3 is 0 Å². The molecule has 0 aliphatic carbocycles. The first kappa shape index (κ1) is 14.3. The first-order valence-corrected chi connectivity index (χ1v) is 6.65. The van der Waals surface area contributed by atoms with Crippen LogP contribution in [0.3, 0.4) is 0 Å². The number of sulfonamides is 1. The molecule has 1 aromatic carbocycles. The smallest absolute Gasteiger partial charge is 0.207 e. The lowest BCUT2D eigenvalue weighted by Crippen LogP contribution is -2.31. The molecule has 0 saturated carbocycles. The molecule has 0 amide bonds. The second-order valence-corrected chi connectivity index (χ2v) is 5.65. The summed E-state index contributed by atoms with van der Waals surface area (Å²) in [6.45, 7) is 1.47. The predicted molar refractivity (Wildman–Crippen MR) is 65.0 cm³/mol. The van der Waals surface area contributed by atoms with Crippen molar-refractivity contribution < 1.29 is 12.8 Å². The summed E-state index contributed by atoms with van der Waals surface area (Å²) in [7, 11) is -3.96. The van der Waals surface area contributed by atoms with E-state index in [9.17, 15) is 12.8 Å². The van der Waals surface area contributed by atoms with Gasteiger partial charge in [-0.15, -0.1) is 6.42 Å². The van der Waals surface area contributed by atoms with E-state index in [1.54, 1.807) is 0 Å². The molecule has 0 aliphatic heterocycles. The van der Waals surface area contributed by atoms with Gasteiger partial charge in [-0.2, -0.15) is 4.72 Å². The molecule has 0 aliphatic rings. The van der Waals surface area contributed by atoms with Crippen LogP contribution in [0.4, 0.5) is 4.39 Å². The van der Waals surface area contributed by atoms with Crippen molar-refractivity contribution >= 4 is 33.2 Å². The van der Waals surface area contributed by atoms with Gasteiger partial charge in [0.2, 0.25) is 10.0 Å². The molecule has 0 aromatic heterocycles. The van der Waals surface area contributed by atoms with Crippen LogP contribution in [0.15, 0.2) is 17.0 Å². The third-order valence-electron chi connectivity index (χ3n) is 1.87. The quantitative estimate of drug-likeness (QED) is 0.688. The Hall–Kier alpha value is -0.800. The van der Waals surface area contributed by atoms with Crippen molar-refractivity contribution in [1.82, 2.24) is 4.72 Å². The Kier molecular flexibility index (Phi) is 4.39. The first-order chi connectivity index (χ1) is 7.79. The van der Waals surface area contributed by atoms with Crippen molar-refractivity contribution in [3.8, 4) is 12.3 Å².